The smallest absolute Gasteiger partial charge is 0.255 e. The topological polar surface area (TPSA) is 94.3 Å². The fourth-order valence-corrected chi connectivity index (χ4v) is 2.85. The lowest BCUT2D eigenvalue weighted by molar-refractivity contribution is -0.144. The van der Waals surface area contributed by atoms with Crippen molar-refractivity contribution >= 4 is 17.5 Å². The lowest BCUT2D eigenvalue weighted by Crippen LogP contribution is -2.50. The van der Waals surface area contributed by atoms with Gasteiger partial charge < -0.3 is 19.5 Å². The number of aromatic nitrogens is 4. The standard InChI is InChI=1S/C17H24N6O3/c1-3-23-10-14(13(2)20-23)19-17(25)15-11-22(8-9-26-15)16(24)4-6-21-7-5-18-12-21/h5,7,10,12,15H,3-4,6,8-9,11H2,1-2H3,(H,19,25). The van der Waals surface area contributed by atoms with Crippen LogP contribution in [0.3, 0.4) is 0 Å². The zero-order valence-electron chi connectivity index (χ0n) is 15.1. The molecule has 26 heavy (non-hydrogen) atoms. The summed E-state index contributed by atoms with van der Waals surface area (Å²) in [4.78, 5) is 30.6. The summed E-state index contributed by atoms with van der Waals surface area (Å²) in [5, 5.41) is 7.16. The summed E-state index contributed by atoms with van der Waals surface area (Å²) < 4.78 is 9.19. The number of hydrogen-bond acceptors (Lipinski definition) is 5. The number of carbonyl (C=O) groups is 2. The van der Waals surface area contributed by atoms with Crippen LogP contribution in [-0.4, -0.2) is 61.8 Å². The summed E-state index contributed by atoms with van der Waals surface area (Å²) in [7, 11) is 0. The molecule has 0 aromatic carbocycles. The summed E-state index contributed by atoms with van der Waals surface area (Å²) >= 11 is 0. The van der Waals surface area contributed by atoms with E-state index in [4.69, 9.17) is 4.74 Å². The van der Waals surface area contributed by atoms with Gasteiger partial charge in [-0.15, -0.1) is 0 Å². The highest BCUT2D eigenvalue weighted by Gasteiger charge is 2.29. The summed E-state index contributed by atoms with van der Waals surface area (Å²) in [5.74, 6) is -0.245. The Hall–Kier alpha value is -2.68. The second kappa shape index (κ2) is 8.13. The molecule has 1 saturated heterocycles. The molecule has 3 heterocycles. The molecule has 0 saturated carbocycles. The average molecular weight is 360 g/mol. The van der Waals surface area contributed by atoms with E-state index in [0.29, 0.717) is 31.8 Å². The van der Waals surface area contributed by atoms with Crippen molar-refractivity contribution in [2.24, 2.45) is 0 Å². The van der Waals surface area contributed by atoms with Crippen LogP contribution < -0.4 is 5.32 Å². The second-order valence-electron chi connectivity index (χ2n) is 6.22. The van der Waals surface area contributed by atoms with Crippen molar-refractivity contribution in [2.75, 3.05) is 25.0 Å². The molecule has 2 aromatic heterocycles. The summed E-state index contributed by atoms with van der Waals surface area (Å²) in [6.07, 6.45) is 6.67. The Labute approximate surface area is 151 Å². The fraction of sp³-hybridized carbons (Fsp3) is 0.529. The third kappa shape index (κ3) is 4.29. The minimum Gasteiger partial charge on any atom is -0.365 e. The van der Waals surface area contributed by atoms with Crippen LogP contribution in [-0.2, 0) is 27.4 Å². The maximum absolute atomic E-state index is 12.5. The minimum absolute atomic E-state index is 0.00906. The molecular weight excluding hydrogens is 336 g/mol. The molecule has 140 valence electrons. The quantitative estimate of drug-likeness (QED) is 0.817. The third-order valence-electron chi connectivity index (χ3n) is 4.38. The molecule has 1 aliphatic heterocycles. The maximum Gasteiger partial charge on any atom is 0.255 e. The molecule has 2 amide bonds. The molecule has 3 rings (SSSR count). The summed E-state index contributed by atoms with van der Waals surface area (Å²) in [6, 6.07) is 0. The molecule has 1 fully saturated rings. The zero-order chi connectivity index (χ0) is 18.5. The average Bonchev–Trinajstić information content (AvgIpc) is 3.29. The largest absolute Gasteiger partial charge is 0.365 e. The highest BCUT2D eigenvalue weighted by atomic mass is 16.5. The first-order valence-corrected chi connectivity index (χ1v) is 8.77. The van der Waals surface area contributed by atoms with E-state index >= 15 is 0 Å². The van der Waals surface area contributed by atoms with E-state index in [-0.39, 0.29) is 18.4 Å². The number of ether oxygens (including phenoxy) is 1. The molecule has 0 aliphatic carbocycles. The van der Waals surface area contributed by atoms with E-state index < -0.39 is 6.10 Å². The molecule has 9 nitrogen and oxygen atoms in total. The Morgan fingerprint density at radius 2 is 2.27 bits per heavy atom. The van der Waals surface area contributed by atoms with Crippen LogP contribution in [0.25, 0.3) is 0 Å². The van der Waals surface area contributed by atoms with E-state index in [0.717, 1.165) is 12.2 Å². The van der Waals surface area contributed by atoms with Gasteiger partial charge in [-0.25, -0.2) is 4.98 Å². The van der Waals surface area contributed by atoms with Crippen molar-refractivity contribution in [1.29, 1.82) is 0 Å². The van der Waals surface area contributed by atoms with Gasteiger partial charge in [0.2, 0.25) is 5.91 Å². The first-order valence-electron chi connectivity index (χ1n) is 8.77. The first-order chi connectivity index (χ1) is 12.6. The SMILES string of the molecule is CCn1cc(NC(=O)C2CN(C(=O)CCn3ccnc3)CCO2)c(C)n1. The Morgan fingerprint density at radius 1 is 1.42 bits per heavy atom. The van der Waals surface area contributed by atoms with Crippen molar-refractivity contribution in [1.82, 2.24) is 24.2 Å². The van der Waals surface area contributed by atoms with Crippen LogP contribution >= 0.6 is 0 Å². The normalized spacial score (nSPS) is 17.3. The van der Waals surface area contributed by atoms with Gasteiger partial charge in [0, 0.05) is 44.6 Å². The lowest BCUT2D eigenvalue weighted by Gasteiger charge is -2.32. The number of hydrogen-bond donors (Lipinski definition) is 1. The van der Waals surface area contributed by atoms with E-state index in [9.17, 15) is 9.59 Å². The van der Waals surface area contributed by atoms with E-state index in [1.807, 2.05) is 24.6 Å². The van der Waals surface area contributed by atoms with Crippen LogP contribution in [0.5, 0.6) is 0 Å². The fourth-order valence-electron chi connectivity index (χ4n) is 2.85. The van der Waals surface area contributed by atoms with Gasteiger partial charge in [-0.3, -0.25) is 14.3 Å². The Kier molecular flexibility index (Phi) is 5.67. The molecule has 1 N–H and O–H groups in total. The van der Waals surface area contributed by atoms with Crippen molar-refractivity contribution in [3.63, 3.8) is 0 Å². The third-order valence-corrected chi connectivity index (χ3v) is 4.38. The first kappa shape index (κ1) is 18.1. The monoisotopic (exact) mass is 360 g/mol. The van der Waals surface area contributed by atoms with Crippen LogP contribution in [0.15, 0.2) is 24.9 Å². The van der Waals surface area contributed by atoms with Gasteiger partial charge in [-0.05, 0) is 13.8 Å². The van der Waals surface area contributed by atoms with Gasteiger partial charge in [-0.2, -0.15) is 5.10 Å². The van der Waals surface area contributed by atoms with Gasteiger partial charge in [0.1, 0.15) is 0 Å². The summed E-state index contributed by atoms with van der Waals surface area (Å²) in [5.41, 5.74) is 1.42. The number of rotatable bonds is 6. The number of morpholine rings is 1. The Bertz CT molecular complexity index is 755. The minimum atomic E-state index is -0.676. The Balaban J connectivity index is 1.54. The molecule has 0 bridgehead atoms. The number of nitrogens with zero attached hydrogens (tertiary/aromatic N) is 5. The highest BCUT2D eigenvalue weighted by molar-refractivity contribution is 5.95. The van der Waals surface area contributed by atoms with E-state index in [1.54, 1.807) is 28.3 Å². The number of amides is 2. The molecule has 2 aromatic rings. The van der Waals surface area contributed by atoms with Gasteiger partial charge in [0.15, 0.2) is 6.10 Å². The van der Waals surface area contributed by atoms with Gasteiger partial charge in [0.05, 0.1) is 30.9 Å². The van der Waals surface area contributed by atoms with Crippen molar-refractivity contribution in [3.8, 4) is 0 Å². The van der Waals surface area contributed by atoms with Gasteiger partial charge in [-0.1, -0.05) is 0 Å². The number of imidazole rings is 1. The van der Waals surface area contributed by atoms with Crippen molar-refractivity contribution in [2.45, 2.75) is 39.5 Å². The lowest BCUT2D eigenvalue weighted by atomic mass is 10.2. The Morgan fingerprint density at radius 3 is 2.96 bits per heavy atom. The summed E-state index contributed by atoms with van der Waals surface area (Å²) in [6.45, 7) is 6.24. The number of nitrogens with one attached hydrogen (secondary N) is 1. The zero-order valence-corrected chi connectivity index (χ0v) is 15.1. The van der Waals surface area contributed by atoms with Gasteiger partial charge >= 0.3 is 0 Å². The van der Waals surface area contributed by atoms with E-state index in [2.05, 4.69) is 15.4 Å². The van der Waals surface area contributed by atoms with E-state index in [1.165, 1.54) is 0 Å². The number of aryl methyl sites for hydroxylation is 3. The number of carbonyl (C=O) groups excluding carboxylic acids is 2. The highest BCUT2D eigenvalue weighted by Crippen LogP contribution is 2.15. The number of anilines is 1. The predicted octanol–water partition coefficient (Wildman–Crippen LogP) is 0.664. The molecule has 1 aliphatic rings. The van der Waals surface area contributed by atoms with Gasteiger partial charge in [0.25, 0.3) is 5.91 Å². The predicted molar refractivity (Wildman–Crippen MR) is 94.4 cm³/mol. The molecule has 1 atom stereocenters. The molecular formula is C17H24N6O3. The molecule has 0 radical (unpaired) electrons. The van der Waals surface area contributed by atoms with Crippen LogP contribution in [0, 0.1) is 6.92 Å². The molecule has 0 spiro atoms. The maximum atomic E-state index is 12.5. The van der Waals surface area contributed by atoms with Crippen LogP contribution in [0.1, 0.15) is 19.0 Å². The molecule has 1 unspecified atom stereocenters. The van der Waals surface area contributed by atoms with Crippen LogP contribution in [0.2, 0.25) is 0 Å². The van der Waals surface area contributed by atoms with Crippen molar-refractivity contribution < 1.29 is 14.3 Å². The second-order valence-corrected chi connectivity index (χ2v) is 6.22. The molecule has 9 heteroatoms. The van der Waals surface area contributed by atoms with Crippen molar-refractivity contribution in [3.05, 3.63) is 30.6 Å². The van der Waals surface area contributed by atoms with Crippen LogP contribution in [0.4, 0.5) is 5.69 Å².